The molecule has 0 amide bonds. The molecule has 5 nitrogen and oxygen atoms in total. The quantitative estimate of drug-likeness (QED) is 0.269. The Morgan fingerprint density at radius 2 is 2.20 bits per heavy atom. The molecule has 0 radical (unpaired) electrons. The molecule has 7 atom stereocenters. The van der Waals surface area contributed by atoms with Crippen molar-refractivity contribution in [2.24, 2.45) is 23.7 Å². The summed E-state index contributed by atoms with van der Waals surface area (Å²) in [6.07, 6.45) is 1.38. The second-order valence-corrected chi connectivity index (χ2v) is 8.01. The fourth-order valence-corrected chi connectivity index (χ4v) is 4.49. The normalized spacial score (nSPS) is 31.1. The number of esters is 1. The predicted molar refractivity (Wildman–Crippen MR) is 108 cm³/mol. The SMILES string of the molecule is C=C[C@H](O)[C@@H](C)C(C#CCC)[C@@H]1[C@@H]2[C@H](C[C@H]1O)OC(=CCCCC(=O)OC)C2(F)F. The number of hydrogen-bond acceptors (Lipinski definition) is 5. The van der Waals surface area contributed by atoms with Gasteiger partial charge in [0.2, 0.25) is 0 Å². The molecule has 168 valence electrons. The highest BCUT2D eigenvalue weighted by molar-refractivity contribution is 5.69. The molecule has 2 fully saturated rings. The fraction of sp³-hybridized carbons (Fsp3) is 0.696. The molecule has 0 bridgehead atoms. The third-order valence-corrected chi connectivity index (χ3v) is 6.11. The summed E-state index contributed by atoms with van der Waals surface area (Å²) < 4.78 is 40.8. The third-order valence-electron chi connectivity index (χ3n) is 6.11. The molecule has 1 heterocycles. The topological polar surface area (TPSA) is 76.0 Å². The summed E-state index contributed by atoms with van der Waals surface area (Å²) in [7, 11) is 1.28. The fourth-order valence-electron chi connectivity index (χ4n) is 4.49. The van der Waals surface area contributed by atoms with Crippen LogP contribution in [0.2, 0.25) is 0 Å². The van der Waals surface area contributed by atoms with Crippen LogP contribution in [0.5, 0.6) is 0 Å². The zero-order chi connectivity index (χ0) is 22.5. The molecule has 2 N–H and O–H groups in total. The van der Waals surface area contributed by atoms with Crippen LogP contribution in [0.15, 0.2) is 24.5 Å². The van der Waals surface area contributed by atoms with Gasteiger partial charge in [0.25, 0.3) is 0 Å². The van der Waals surface area contributed by atoms with E-state index in [0.717, 1.165) is 0 Å². The Bertz CT molecular complexity index is 708. The van der Waals surface area contributed by atoms with E-state index in [9.17, 15) is 15.0 Å². The molecule has 0 aromatic carbocycles. The van der Waals surface area contributed by atoms with E-state index in [4.69, 9.17) is 4.74 Å². The zero-order valence-electron chi connectivity index (χ0n) is 17.8. The summed E-state index contributed by atoms with van der Waals surface area (Å²) in [5.74, 6) is -1.27. The number of hydrogen-bond donors (Lipinski definition) is 2. The minimum absolute atomic E-state index is 0.0889. The Morgan fingerprint density at radius 3 is 2.80 bits per heavy atom. The Kier molecular flexibility index (Phi) is 8.45. The summed E-state index contributed by atoms with van der Waals surface area (Å²) in [5.41, 5.74) is 0. The number of methoxy groups -OCH3 is 1. The number of ether oxygens (including phenoxy) is 2. The van der Waals surface area contributed by atoms with Gasteiger partial charge in [-0.1, -0.05) is 25.8 Å². The average Bonchev–Trinajstić information content (AvgIpc) is 3.17. The number of fused-ring (bicyclic) bond motifs is 1. The van der Waals surface area contributed by atoms with E-state index >= 15 is 8.78 Å². The van der Waals surface area contributed by atoms with Gasteiger partial charge in [-0.25, -0.2) is 0 Å². The summed E-state index contributed by atoms with van der Waals surface area (Å²) in [4.78, 5) is 11.2. The second kappa shape index (κ2) is 10.4. The zero-order valence-corrected chi connectivity index (χ0v) is 17.8. The number of allylic oxidation sites excluding steroid dienone is 2. The third kappa shape index (κ3) is 5.04. The van der Waals surface area contributed by atoms with Gasteiger partial charge in [0.1, 0.15) is 6.10 Å². The van der Waals surface area contributed by atoms with Gasteiger partial charge in [0, 0.05) is 31.1 Å². The first-order chi connectivity index (χ1) is 14.2. The van der Waals surface area contributed by atoms with E-state index in [1.807, 2.05) is 6.92 Å². The number of aliphatic hydroxyl groups excluding tert-OH is 2. The first-order valence-electron chi connectivity index (χ1n) is 10.5. The number of carbonyl (C=O) groups excluding carboxylic acids is 1. The van der Waals surface area contributed by atoms with Crippen LogP contribution in [0.3, 0.4) is 0 Å². The smallest absolute Gasteiger partial charge is 0.310 e. The maximum absolute atomic E-state index is 15.3. The van der Waals surface area contributed by atoms with Crippen molar-refractivity contribution in [2.45, 2.75) is 70.2 Å². The highest BCUT2D eigenvalue weighted by Gasteiger charge is 2.65. The lowest BCUT2D eigenvalue weighted by Crippen LogP contribution is -2.41. The van der Waals surface area contributed by atoms with Gasteiger partial charge in [-0.2, -0.15) is 8.78 Å². The number of carbonyl (C=O) groups is 1. The van der Waals surface area contributed by atoms with E-state index < -0.39 is 53.7 Å². The van der Waals surface area contributed by atoms with Crippen LogP contribution >= 0.6 is 0 Å². The van der Waals surface area contributed by atoms with Crippen LogP contribution in [-0.4, -0.2) is 47.5 Å². The highest BCUT2D eigenvalue weighted by Crippen LogP contribution is 2.56. The number of halogens is 2. The van der Waals surface area contributed by atoms with Gasteiger partial charge in [0.05, 0.1) is 25.2 Å². The maximum atomic E-state index is 15.3. The molecule has 2 rings (SSSR count). The molecule has 0 aromatic heterocycles. The van der Waals surface area contributed by atoms with Crippen LogP contribution in [0.1, 0.15) is 46.0 Å². The Morgan fingerprint density at radius 1 is 1.50 bits per heavy atom. The van der Waals surface area contributed by atoms with Crippen molar-refractivity contribution in [3.8, 4) is 11.8 Å². The van der Waals surface area contributed by atoms with Crippen molar-refractivity contribution in [3.05, 3.63) is 24.5 Å². The maximum Gasteiger partial charge on any atom is 0.310 e. The van der Waals surface area contributed by atoms with E-state index in [-0.39, 0.29) is 25.2 Å². The van der Waals surface area contributed by atoms with Crippen LogP contribution in [0, 0.1) is 35.5 Å². The van der Waals surface area contributed by atoms with Gasteiger partial charge in [-0.05, 0) is 24.8 Å². The molecule has 0 aromatic rings. The van der Waals surface area contributed by atoms with Crippen molar-refractivity contribution >= 4 is 5.97 Å². The van der Waals surface area contributed by atoms with Crippen molar-refractivity contribution in [1.29, 1.82) is 0 Å². The van der Waals surface area contributed by atoms with Gasteiger partial charge in [0.15, 0.2) is 5.76 Å². The number of aliphatic hydroxyl groups is 2. The molecule has 1 aliphatic heterocycles. The lowest BCUT2D eigenvalue weighted by Gasteiger charge is -2.34. The van der Waals surface area contributed by atoms with Gasteiger partial charge < -0.3 is 19.7 Å². The lowest BCUT2D eigenvalue weighted by molar-refractivity contribution is -0.140. The van der Waals surface area contributed by atoms with Gasteiger partial charge in [-0.3, -0.25) is 4.79 Å². The summed E-state index contributed by atoms with van der Waals surface area (Å²) in [5, 5.41) is 20.9. The molecule has 1 saturated carbocycles. The molecule has 1 aliphatic carbocycles. The number of unbranched alkanes of at least 4 members (excludes halogenated alkanes) is 1. The second-order valence-electron chi connectivity index (χ2n) is 8.01. The van der Waals surface area contributed by atoms with E-state index in [2.05, 4.69) is 23.2 Å². The Balaban J connectivity index is 2.26. The standard InChI is InChI=1S/C23H32F2O5/c1-5-7-10-15(14(3)16(26)6-2)21-17(27)13-18-22(21)23(24,25)19(30-18)11-8-9-12-20(28)29-4/h6,11,14-18,21-22,26-27H,2,5,8-9,12-13H2,1,3-4H3/t14-,15?,16-,17+,18-,21-,22-/m0/s1. The minimum Gasteiger partial charge on any atom is -0.488 e. The Hall–Kier alpha value is -1.91. The number of alkyl halides is 2. The highest BCUT2D eigenvalue weighted by atomic mass is 19.3. The first kappa shape index (κ1) is 24.4. The van der Waals surface area contributed by atoms with Crippen LogP contribution < -0.4 is 0 Å². The predicted octanol–water partition coefficient (Wildman–Crippen LogP) is 3.46. The molecule has 1 saturated heterocycles. The lowest BCUT2D eigenvalue weighted by atomic mass is 9.72. The van der Waals surface area contributed by atoms with E-state index in [0.29, 0.717) is 12.8 Å². The Labute approximate surface area is 177 Å². The number of rotatable bonds is 8. The first-order valence-corrected chi connectivity index (χ1v) is 10.5. The minimum atomic E-state index is -3.26. The van der Waals surface area contributed by atoms with Crippen molar-refractivity contribution in [3.63, 3.8) is 0 Å². The van der Waals surface area contributed by atoms with Gasteiger partial charge >= 0.3 is 11.9 Å². The molecule has 0 spiro atoms. The van der Waals surface area contributed by atoms with E-state index in [1.54, 1.807) is 6.92 Å². The summed E-state index contributed by atoms with van der Waals surface area (Å²) in [6, 6.07) is 0. The van der Waals surface area contributed by atoms with Crippen molar-refractivity contribution in [1.82, 2.24) is 0 Å². The molecule has 2 aliphatic rings. The van der Waals surface area contributed by atoms with E-state index in [1.165, 1.54) is 19.3 Å². The average molecular weight is 427 g/mol. The van der Waals surface area contributed by atoms with Crippen LogP contribution in [0.25, 0.3) is 0 Å². The van der Waals surface area contributed by atoms with Crippen LogP contribution in [-0.2, 0) is 14.3 Å². The molecule has 30 heavy (non-hydrogen) atoms. The monoisotopic (exact) mass is 426 g/mol. The molecular formula is C23H32F2O5. The summed E-state index contributed by atoms with van der Waals surface area (Å²) >= 11 is 0. The molecule has 1 unspecified atom stereocenters. The molecular weight excluding hydrogens is 394 g/mol. The van der Waals surface area contributed by atoms with Crippen molar-refractivity contribution in [2.75, 3.05) is 7.11 Å². The van der Waals surface area contributed by atoms with Crippen LogP contribution in [0.4, 0.5) is 8.78 Å². The van der Waals surface area contributed by atoms with Crippen molar-refractivity contribution < 1.29 is 33.3 Å². The largest absolute Gasteiger partial charge is 0.488 e. The summed E-state index contributed by atoms with van der Waals surface area (Å²) in [6.45, 7) is 7.17. The van der Waals surface area contributed by atoms with Gasteiger partial charge in [-0.15, -0.1) is 12.5 Å². The molecule has 7 heteroatoms.